The van der Waals surface area contributed by atoms with Gasteiger partial charge in [-0.2, -0.15) is 8.42 Å². The molecule has 0 saturated carbocycles. The molecular formula is C23H19Cl2N3O5S. The van der Waals surface area contributed by atoms with Crippen LogP contribution in [0.3, 0.4) is 0 Å². The van der Waals surface area contributed by atoms with Crippen molar-refractivity contribution in [2.24, 2.45) is 5.14 Å². The van der Waals surface area contributed by atoms with Crippen LogP contribution in [0, 0.1) is 0 Å². The Morgan fingerprint density at radius 2 is 1.74 bits per heavy atom. The Bertz CT molecular complexity index is 1520. The topological polar surface area (TPSA) is 136 Å². The highest BCUT2D eigenvalue weighted by Crippen LogP contribution is 2.41. The maximum atomic E-state index is 12.9. The zero-order valence-corrected chi connectivity index (χ0v) is 20.3. The Labute approximate surface area is 205 Å². The van der Waals surface area contributed by atoms with E-state index in [-0.39, 0.29) is 16.8 Å². The minimum Gasteiger partial charge on any atom is -0.432 e. The molecule has 0 aliphatic rings. The first kappa shape index (κ1) is 24.2. The molecule has 4 N–H and O–H groups in total. The van der Waals surface area contributed by atoms with Gasteiger partial charge >= 0.3 is 0 Å². The molecule has 176 valence electrons. The summed E-state index contributed by atoms with van der Waals surface area (Å²) in [6.07, 6.45) is 0. The molecule has 34 heavy (non-hydrogen) atoms. The third-order valence-corrected chi connectivity index (χ3v) is 6.04. The van der Waals surface area contributed by atoms with Crippen molar-refractivity contribution in [3.05, 3.63) is 70.4 Å². The number of carbonyl (C=O) groups excluding carboxylic acids is 1. The SMILES string of the molecule is CC(C)(O)C(=O)c1oc2nc(-c3ccccc3Cl)c(-c3ccc(Cl)cc3)cc2c1NS(N)(=O)=O. The summed E-state index contributed by atoms with van der Waals surface area (Å²) in [4.78, 5) is 17.4. The van der Waals surface area contributed by atoms with E-state index in [0.717, 1.165) is 0 Å². The summed E-state index contributed by atoms with van der Waals surface area (Å²) >= 11 is 12.5. The Balaban J connectivity index is 2.10. The molecule has 0 amide bonds. The fourth-order valence-electron chi connectivity index (χ4n) is 3.41. The van der Waals surface area contributed by atoms with Crippen molar-refractivity contribution in [3.63, 3.8) is 0 Å². The molecule has 0 bridgehead atoms. The molecule has 8 nitrogen and oxygen atoms in total. The number of Topliss-reactive ketones (excluding diaryl/α,β-unsaturated/α-hetero) is 1. The third kappa shape index (κ3) is 4.79. The molecule has 0 saturated heterocycles. The van der Waals surface area contributed by atoms with Crippen LogP contribution in [0.4, 0.5) is 5.69 Å². The zero-order valence-electron chi connectivity index (χ0n) is 18.0. The summed E-state index contributed by atoms with van der Waals surface area (Å²) < 4.78 is 31.6. The standard InChI is InChI=1S/C23H19Cl2N3O5S/c1-23(2,30)21(29)20-19(28-34(26,31)32)16-11-15(12-7-9-13(24)10-8-12)18(27-22(16)33-20)14-5-3-4-6-17(14)25/h3-11,28,30H,1-2H3,(H2,26,31,32). The van der Waals surface area contributed by atoms with E-state index < -0.39 is 27.4 Å². The van der Waals surface area contributed by atoms with Gasteiger partial charge in [0.25, 0.3) is 10.2 Å². The van der Waals surface area contributed by atoms with Gasteiger partial charge in [-0.25, -0.2) is 10.1 Å². The van der Waals surface area contributed by atoms with Crippen LogP contribution in [0.5, 0.6) is 0 Å². The van der Waals surface area contributed by atoms with Gasteiger partial charge < -0.3 is 9.52 Å². The van der Waals surface area contributed by atoms with Crippen LogP contribution in [-0.2, 0) is 10.2 Å². The molecule has 2 aromatic carbocycles. The van der Waals surface area contributed by atoms with E-state index in [4.69, 9.17) is 32.8 Å². The molecule has 0 spiro atoms. The van der Waals surface area contributed by atoms with Crippen LogP contribution < -0.4 is 9.86 Å². The number of hydrogen-bond acceptors (Lipinski definition) is 6. The maximum Gasteiger partial charge on any atom is 0.296 e. The minimum absolute atomic E-state index is 0.0496. The summed E-state index contributed by atoms with van der Waals surface area (Å²) in [5.41, 5.74) is 0.157. The van der Waals surface area contributed by atoms with Crippen LogP contribution in [0.1, 0.15) is 24.4 Å². The Morgan fingerprint density at radius 1 is 1.09 bits per heavy atom. The average Bonchev–Trinajstić information content (AvgIpc) is 3.08. The number of nitrogens with zero attached hydrogens (tertiary/aromatic N) is 1. The molecule has 4 aromatic rings. The second-order valence-electron chi connectivity index (χ2n) is 8.07. The highest BCUT2D eigenvalue weighted by molar-refractivity contribution is 7.90. The van der Waals surface area contributed by atoms with Gasteiger partial charge in [0.1, 0.15) is 11.3 Å². The lowest BCUT2D eigenvalue weighted by atomic mass is 9.97. The molecule has 0 atom stereocenters. The maximum absolute atomic E-state index is 12.9. The average molecular weight is 520 g/mol. The normalized spacial score (nSPS) is 12.2. The van der Waals surface area contributed by atoms with E-state index in [0.29, 0.717) is 32.4 Å². The fraction of sp³-hybridized carbons (Fsp3) is 0.130. The number of pyridine rings is 1. The third-order valence-electron chi connectivity index (χ3n) is 4.97. The molecule has 0 fully saturated rings. The molecule has 2 aromatic heterocycles. The van der Waals surface area contributed by atoms with Crippen molar-refractivity contribution in [3.8, 4) is 22.4 Å². The molecule has 0 aliphatic carbocycles. The number of furan rings is 1. The molecular weight excluding hydrogens is 501 g/mol. The number of rotatable bonds is 6. The van der Waals surface area contributed by atoms with Gasteiger partial charge in [-0.05, 0) is 43.7 Å². The highest BCUT2D eigenvalue weighted by atomic mass is 35.5. The van der Waals surface area contributed by atoms with Crippen LogP contribution in [0.2, 0.25) is 10.0 Å². The summed E-state index contributed by atoms with van der Waals surface area (Å²) in [6, 6.07) is 15.6. The zero-order chi connectivity index (χ0) is 24.8. The Morgan fingerprint density at radius 3 is 2.32 bits per heavy atom. The van der Waals surface area contributed by atoms with Crippen LogP contribution in [-0.4, -0.2) is 29.9 Å². The summed E-state index contributed by atoms with van der Waals surface area (Å²) in [5, 5.41) is 16.6. The number of fused-ring (bicyclic) bond motifs is 1. The predicted octanol–water partition coefficient (Wildman–Crippen LogP) is 5.04. The minimum atomic E-state index is -4.30. The predicted molar refractivity (Wildman–Crippen MR) is 132 cm³/mol. The van der Waals surface area contributed by atoms with Gasteiger partial charge in [0.05, 0.1) is 11.1 Å². The first-order valence-corrected chi connectivity index (χ1v) is 12.2. The quantitative estimate of drug-likeness (QED) is 0.305. The van der Waals surface area contributed by atoms with Gasteiger partial charge in [-0.1, -0.05) is 53.5 Å². The molecule has 11 heteroatoms. The molecule has 2 heterocycles. The van der Waals surface area contributed by atoms with Crippen molar-refractivity contribution in [2.75, 3.05) is 4.72 Å². The first-order chi connectivity index (χ1) is 15.8. The van der Waals surface area contributed by atoms with E-state index in [1.165, 1.54) is 13.8 Å². The largest absolute Gasteiger partial charge is 0.432 e. The number of ketones is 1. The van der Waals surface area contributed by atoms with Crippen molar-refractivity contribution < 1.29 is 22.7 Å². The Kier molecular flexibility index (Phi) is 6.17. The second-order valence-corrected chi connectivity index (χ2v) is 10.2. The van der Waals surface area contributed by atoms with E-state index in [9.17, 15) is 18.3 Å². The molecule has 0 unspecified atom stereocenters. The fourth-order valence-corrected chi connectivity index (χ4v) is 4.25. The smallest absolute Gasteiger partial charge is 0.296 e. The van der Waals surface area contributed by atoms with Crippen molar-refractivity contribution >= 4 is 56.0 Å². The van der Waals surface area contributed by atoms with E-state index in [2.05, 4.69) is 9.71 Å². The van der Waals surface area contributed by atoms with Gasteiger partial charge in [0, 0.05) is 21.2 Å². The lowest BCUT2D eigenvalue weighted by molar-refractivity contribution is 0.0462. The number of halogens is 2. The highest BCUT2D eigenvalue weighted by Gasteiger charge is 2.34. The number of carbonyl (C=O) groups is 1. The lowest BCUT2D eigenvalue weighted by Gasteiger charge is -2.14. The first-order valence-electron chi connectivity index (χ1n) is 9.91. The van der Waals surface area contributed by atoms with Crippen molar-refractivity contribution in [2.45, 2.75) is 19.4 Å². The van der Waals surface area contributed by atoms with Gasteiger partial charge in [0.2, 0.25) is 11.5 Å². The lowest BCUT2D eigenvalue weighted by Crippen LogP contribution is -2.32. The monoisotopic (exact) mass is 519 g/mol. The molecule has 0 radical (unpaired) electrons. The summed E-state index contributed by atoms with van der Waals surface area (Å²) in [7, 11) is -4.30. The van der Waals surface area contributed by atoms with Crippen LogP contribution in [0.15, 0.2) is 59.0 Å². The van der Waals surface area contributed by atoms with Crippen molar-refractivity contribution in [1.82, 2.24) is 4.98 Å². The number of aromatic nitrogens is 1. The van der Waals surface area contributed by atoms with Gasteiger partial charge in [0.15, 0.2) is 5.76 Å². The molecule has 4 rings (SSSR count). The number of hydrogen-bond donors (Lipinski definition) is 3. The number of nitrogens with two attached hydrogens (primary N) is 1. The van der Waals surface area contributed by atoms with E-state index in [1.54, 1.807) is 54.6 Å². The van der Waals surface area contributed by atoms with E-state index in [1.807, 2.05) is 0 Å². The summed E-state index contributed by atoms with van der Waals surface area (Å²) in [6.45, 7) is 2.51. The van der Waals surface area contributed by atoms with Gasteiger partial charge in [-0.15, -0.1) is 0 Å². The number of nitrogens with one attached hydrogen (secondary N) is 1. The van der Waals surface area contributed by atoms with Crippen LogP contribution in [0.25, 0.3) is 33.5 Å². The van der Waals surface area contributed by atoms with Gasteiger partial charge in [-0.3, -0.25) is 9.52 Å². The molecule has 0 aliphatic heterocycles. The number of benzene rings is 2. The number of anilines is 1. The van der Waals surface area contributed by atoms with Crippen molar-refractivity contribution in [1.29, 1.82) is 0 Å². The Hall–Kier alpha value is -2.95. The second kappa shape index (κ2) is 8.68. The van der Waals surface area contributed by atoms with E-state index >= 15 is 0 Å². The van der Waals surface area contributed by atoms with Crippen LogP contribution >= 0.6 is 23.2 Å². The summed E-state index contributed by atoms with van der Waals surface area (Å²) in [5.74, 6) is -1.29. The number of aliphatic hydroxyl groups is 1.